The number of piperidine rings is 2. The number of carbonyl (C=O) groups excluding carboxylic acids is 4. The first-order valence-corrected chi connectivity index (χ1v) is 20.3. The van der Waals surface area contributed by atoms with Gasteiger partial charge in [-0.25, -0.2) is 9.59 Å². The number of piperazine rings is 1. The molecule has 318 valence electrons. The molecule has 18 heteroatoms. The fourth-order valence-corrected chi connectivity index (χ4v) is 8.54. The number of rotatable bonds is 12. The summed E-state index contributed by atoms with van der Waals surface area (Å²) in [7, 11) is 1.55. The molecule has 4 amide bonds. The summed E-state index contributed by atoms with van der Waals surface area (Å²) < 4.78 is 57.7. The monoisotopic (exact) mass is 835 g/mol. The number of esters is 1. The van der Waals surface area contributed by atoms with E-state index in [0.29, 0.717) is 77.6 Å². The minimum atomic E-state index is -4.79. The van der Waals surface area contributed by atoms with Gasteiger partial charge in [0.05, 0.1) is 29.3 Å². The summed E-state index contributed by atoms with van der Waals surface area (Å²) in [6.45, 7) is 5.80. The van der Waals surface area contributed by atoms with Crippen molar-refractivity contribution in [2.45, 2.75) is 69.3 Å². The number of fused-ring (bicyclic) bond motifs is 1. The molecular weight excluding hydrogens is 783 g/mol. The SMILES string of the molecule is COCCOC(=O)CCN1CCC(N2CCN(C(=O)C(Cc3cc(Cl)c(N)c(C(F)(F)F)c3)OC(=O)N3CCC(N4CCc5ccccc5NC4=O)CC3)CC2)CC1. The van der Waals surface area contributed by atoms with Gasteiger partial charge in [-0.05, 0) is 74.5 Å². The van der Waals surface area contributed by atoms with Crippen LogP contribution in [0.4, 0.5) is 34.1 Å². The van der Waals surface area contributed by atoms with E-state index >= 15 is 0 Å². The molecule has 1 atom stereocenters. The number of likely N-dealkylation sites (tertiary alicyclic amines) is 2. The number of nitrogens with one attached hydrogen (secondary N) is 1. The van der Waals surface area contributed by atoms with E-state index in [1.807, 2.05) is 24.3 Å². The lowest BCUT2D eigenvalue weighted by Crippen LogP contribution is -2.56. The van der Waals surface area contributed by atoms with Crippen LogP contribution >= 0.6 is 11.6 Å². The number of nitrogens with zero attached hydrogens (tertiary/aromatic N) is 5. The van der Waals surface area contributed by atoms with Crippen molar-refractivity contribution >= 4 is 47.0 Å². The van der Waals surface area contributed by atoms with E-state index in [9.17, 15) is 32.3 Å². The Bertz CT molecular complexity index is 1760. The van der Waals surface area contributed by atoms with Crippen molar-refractivity contribution in [1.82, 2.24) is 24.5 Å². The Hall–Kier alpha value is -4.32. The second kappa shape index (κ2) is 19.6. The van der Waals surface area contributed by atoms with Gasteiger partial charge < -0.3 is 44.9 Å². The number of carbonyl (C=O) groups is 4. The highest BCUT2D eigenvalue weighted by molar-refractivity contribution is 6.33. The number of anilines is 2. The van der Waals surface area contributed by atoms with Gasteiger partial charge in [0, 0.05) is 83.7 Å². The van der Waals surface area contributed by atoms with Crippen molar-refractivity contribution in [2.75, 3.05) is 96.8 Å². The molecule has 14 nitrogen and oxygen atoms in total. The number of ether oxygens (including phenoxy) is 3. The van der Waals surface area contributed by atoms with Gasteiger partial charge in [0.15, 0.2) is 6.10 Å². The Morgan fingerprint density at radius 1 is 0.914 bits per heavy atom. The molecule has 2 aromatic rings. The topological polar surface area (TPSA) is 150 Å². The average molecular weight is 836 g/mol. The first kappa shape index (κ1) is 43.3. The van der Waals surface area contributed by atoms with Crippen LogP contribution in [0.15, 0.2) is 36.4 Å². The minimum Gasteiger partial charge on any atom is -0.463 e. The number of nitrogen functional groups attached to an aromatic ring is 1. The Kier molecular flexibility index (Phi) is 14.6. The van der Waals surface area contributed by atoms with Crippen LogP contribution in [0.3, 0.4) is 0 Å². The number of alkyl halides is 3. The maximum absolute atomic E-state index is 14.1. The molecule has 0 aromatic heterocycles. The zero-order valence-corrected chi connectivity index (χ0v) is 33.6. The molecule has 4 heterocycles. The van der Waals surface area contributed by atoms with E-state index in [2.05, 4.69) is 15.1 Å². The molecule has 4 aliphatic rings. The van der Waals surface area contributed by atoms with Crippen LogP contribution in [0.5, 0.6) is 0 Å². The van der Waals surface area contributed by atoms with Crippen LogP contribution in [0, 0.1) is 0 Å². The molecule has 0 aliphatic carbocycles. The van der Waals surface area contributed by atoms with Crippen LogP contribution in [-0.2, 0) is 42.8 Å². The molecule has 0 bridgehead atoms. The van der Waals surface area contributed by atoms with Crippen molar-refractivity contribution in [3.05, 3.63) is 58.1 Å². The fraction of sp³-hybridized carbons (Fsp3) is 0.600. The highest BCUT2D eigenvalue weighted by atomic mass is 35.5. The second-order valence-corrected chi connectivity index (χ2v) is 15.7. The number of methoxy groups -OCH3 is 1. The molecule has 58 heavy (non-hydrogen) atoms. The Balaban J connectivity index is 1.05. The third kappa shape index (κ3) is 11.0. The summed E-state index contributed by atoms with van der Waals surface area (Å²) in [5, 5.41) is 2.67. The molecular formula is C40H53ClF3N7O7. The van der Waals surface area contributed by atoms with Gasteiger partial charge >= 0.3 is 24.3 Å². The number of hydrogen-bond acceptors (Lipinski definition) is 10. The van der Waals surface area contributed by atoms with Crippen LogP contribution in [-0.4, -0.2) is 152 Å². The predicted molar refractivity (Wildman–Crippen MR) is 210 cm³/mol. The van der Waals surface area contributed by atoms with E-state index in [1.54, 1.807) is 16.9 Å². The van der Waals surface area contributed by atoms with Gasteiger partial charge in [-0.15, -0.1) is 0 Å². The van der Waals surface area contributed by atoms with E-state index in [1.165, 1.54) is 11.0 Å². The summed E-state index contributed by atoms with van der Waals surface area (Å²) in [6.07, 6.45) is -3.52. The first-order chi connectivity index (χ1) is 27.8. The molecule has 0 saturated carbocycles. The van der Waals surface area contributed by atoms with E-state index in [-0.39, 0.29) is 54.7 Å². The second-order valence-electron chi connectivity index (χ2n) is 15.3. The molecule has 0 spiro atoms. The van der Waals surface area contributed by atoms with Crippen molar-refractivity contribution in [1.29, 1.82) is 0 Å². The third-order valence-electron chi connectivity index (χ3n) is 11.6. The summed E-state index contributed by atoms with van der Waals surface area (Å²) in [4.78, 5) is 62.4. The molecule has 3 saturated heterocycles. The van der Waals surface area contributed by atoms with E-state index < -0.39 is 35.5 Å². The molecule has 4 aliphatic heterocycles. The quantitative estimate of drug-likeness (QED) is 0.175. The number of hydrogen-bond donors (Lipinski definition) is 2. The zero-order valence-electron chi connectivity index (χ0n) is 32.8. The largest absolute Gasteiger partial charge is 0.463 e. The summed E-state index contributed by atoms with van der Waals surface area (Å²) >= 11 is 6.14. The maximum Gasteiger partial charge on any atom is 0.418 e. The number of amides is 4. The smallest absolute Gasteiger partial charge is 0.418 e. The van der Waals surface area contributed by atoms with E-state index in [4.69, 9.17) is 31.5 Å². The average Bonchev–Trinajstić information content (AvgIpc) is 3.38. The maximum atomic E-state index is 14.1. The zero-order chi connectivity index (χ0) is 41.4. The van der Waals surface area contributed by atoms with Crippen molar-refractivity contribution in [3.63, 3.8) is 0 Å². The van der Waals surface area contributed by atoms with Crippen molar-refractivity contribution in [2.24, 2.45) is 0 Å². The third-order valence-corrected chi connectivity index (χ3v) is 11.9. The van der Waals surface area contributed by atoms with Gasteiger partial charge in [-0.1, -0.05) is 29.8 Å². The Labute approximate surface area is 341 Å². The van der Waals surface area contributed by atoms with E-state index in [0.717, 1.165) is 43.2 Å². The molecule has 0 radical (unpaired) electrons. The van der Waals surface area contributed by atoms with Gasteiger partial charge in [0.1, 0.15) is 6.61 Å². The van der Waals surface area contributed by atoms with Crippen LogP contribution < -0.4 is 11.1 Å². The number of benzene rings is 2. The van der Waals surface area contributed by atoms with Crippen LogP contribution in [0.2, 0.25) is 5.02 Å². The number of nitrogens with two attached hydrogens (primary N) is 1. The molecule has 2 aromatic carbocycles. The standard InChI is InChI=1S/C40H53ClF3N7O7/c1-56-22-23-57-35(52)11-14-47-12-7-29(8-13-47)48-18-20-49(21-19-48)37(53)34(26-27-24-31(40(42,43)44)36(45)32(41)25-27)58-39(55)50-15-9-30(10-16-50)51-17-6-28-4-2-3-5-33(28)46-38(51)54/h2-5,24-25,29-30,34H,6-23,26,45H2,1H3,(H,46,54). The number of para-hydroxylation sites is 1. The highest BCUT2D eigenvalue weighted by Gasteiger charge is 2.38. The number of urea groups is 1. The van der Waals surface area contributed by atoms with Crippen molar-refractivity contribution in [3.8, 4) is 0 Å². The lowest BCUT2D eigenvalue weighted by Gasteiger charge is -2.43. The predicted octanol–water partition coefficient (Wildman–Crippen LogP) is 4.73. The highest BCUT2D eigenvalue weighted by Crippen LogP contribution is 2.38. The van der Waals surface area contributed by atoms with Crippen molar-refractivity contribution < 1.29 is 46.6 Å². The van der Waals surface area contributed by atoms with Gasteiger partial charge in [0.2, 0.25) is 0 Å². The molecule has 3 N–H and O–H groups in total. The fourth-order valence-electron chi connectivity index (χ4n) is 8.29. The van der Waals surface area contributed by atoms with Gasteiger partial charge in [-0.3, -0.25) is 14.5 Å². The Morgan fingerprint density at radius 2 is 1.60 bits per heavy atom. The summed E-state index contributed by atoms with van der Waals surface area (Å²) in [5.74, 6) is -0.753. The molecule has 6 rings (SSSR count). The number of halogens is 4. The Morgan fingerprint density at radius 3 is 2.29 bits per heavy atom. The normalized spacial score (nSPS) is 19.6. The summed E-state index contributed by atoms with van der Waals surface area (Å²) in [5.41, 5.74) is 5.82. The lowest BCUT2D eigenvalue weighted by atomic mass is 10.0. The summed E-state index contributed by atoms with van der Waals surface area (Å²) in [6, 6.07) is 9.76. The first-order valence-electron chi connectivity index (χ1n) is 20.0. The van der Waals surface area contributed by atoms with Crippen LogP contribution in [0.25, 0.3) is 0 Å². The molecule has 3 fully saturated rings. The van der Waals surface area contributed by atoms with Crippen LogP contribution in [0.1, 0.15) is 48.8 Å². The molecule has 1 unspecified atom stereocenters. The van der Waals surface area contributed by atoms with Gasteiger partial charge in [-0.2, -0.15) is 13.2 Å². The lowest BCUT2D eigenvalue weighted by molar-refractivity contribution is -0.145. The minimum absolute atomic E-state index is 0.0539. The van der Waals surface area contributed by atoms with Gasteiger partial charge in [0.25, 0.3) is 5.91 Å².